The Hall–Kier alpha value is -3.97. The van der Waals surface area contributed by atoms with Gasteiger partial charge in [0.25, 0.3) is 0 Å². The standard InChI is InChI=1S/C28H28FN3O3/c1-17-14-24-22(15-23(17)31-30-4)26(18-6-8-19(9-7-18)27(33)34)25(16-28(2,3)35-5)32(24)21-12-10-20(29)11-13-21/h6-15,31H,4,16H2,1-3,5H3,(H,33,34). The summed E-state index contributed by atoms with van der Waals surface area (Å²) in [5, 5.41) is 14.2. The number of rotatable bonds is 8. The van der Waals surface area contributed by atoms with Crippen molar-refractivity contribution in [1.82, 2.24) is 4.57 Å². The Balaban J connectivity index is 2.12. The molecule has 0 saturated carbocycles. The van der Waals surface area contributed by atoms with Gasteiger partial charge in [-0.1, -0.05) is 12.1 Å². The number of anilines is 1. The molecule has 3 aromatic carbocycles. The molecule has 4 rings (SSSR count). The van der Waals surface area contributed by atoms with Crippen LogP contribution < -0.4 is 5.43 Å². The van der Waals surface area contributed by atoms with Gasteiger partial charge in [0.05, 0.1) is 22.4 Å². The zero-order chi connectivity index (χ0) is 25.3. The van der Waals surface area contributed by atoms with Crippen LogP contribution in [0.15, 0.2) is 65.8 Å². The minimum atomic E-state index is -0.981. The molecular weight excluding hydrogens is 445 g/mol. The summed E-state index contributed by atoms with van der Waals surface area (Å²) in [4.78, 5) is 11.4. The third-order valence-corrected chi connectivity index (χ3v) is 6.26. The monoisotopic (exact) mass is 473 g/mol. The predicted octanol–water partition coefficient (Wildman–Crippen LogP) is 6.44. The number of fused-ring (bicyclic) bond motifs is 1. The number of nitrogens with one attached hydrogen (secondary N) is 1. The van der Waals surface area contributed by atoms with Crippen molar-refractivity contribution in [3.8, 4) is 16.8 Å². The molecule has 0 fully saturated rings. The highest BCUT2D eigenvalue weighted by molar-refractivity contribution is 6.02. The van der Waals surface area contributed by atoms with Crippen molar-refractivity contribution in [3.05, 3.63) is 83.3 Å². The Labute approximate surface area is 203 Å². The van der Waals surface area contributed by atoms with Crippen molar-refractivity contribution in [1.29, 1.82) is 0 Å². The SMILES string of the molecule is C=NNc1cc2c(-c3ccc(C(=O)O)cc3)c(CC(C)(C)OC)n(-c3ccc(F)cc3)c2cc1C. The third-order valence-electron chi connectivity index (χ3n) is 6.26. The molecule has 0 aliphatic heterocycles. The first-order valence-corrected chi connectivity index (χ1v) is 11.2. The van der Waals surface area contributed by atoms with Crippen molar-refractivity contribution in [2.75, 3.05) is 12.5 Å². The maximum absolute atomic E-state index is 13.8. The summed E-state index contributed by atoms with van der Waals surface area (Å²) in [7, 11) is 1.67. The summed E-state index contributed by atoms with van der Waals surface area (Å²) >= 11 is 0. The van der Waals surface area contributed by atoms with Crippen LogP contribution in [0, 0.1) is 12.7 Å². The minimum absolute atomic E-state index is 0.212. The molecule has 35 heavy (non-hydrogen) atoms. The molecule has 0 radical (unpaired) electrons. The summed E-state index contributed by atoms with van der Waals surface area (Å²) in [6.07, 6.45) is 0.549. The molecule has 0 unspecified atom stereocenters. The fraction of sp³-hybridized carbons (Fsp3) is 0.214. The number of ether oxygens (including phenoxy) is 1. The number of carboxylic acid groups (broad SMARTS) is 1. The highest BCUT2D eigenvalue weighted by Gasteiger charge is 2.27. The van der Waals surface area contributed by atoms with E-state index in [0.29, 0.717) is 6.42 Å². The van der Waals surface area contributed by atoms with E-state index in [4.69, 9.17) is 4.74 Å². The van der Waals surface area contributed by atoms with Crippen LogP contribution in [0.3, 0.4) is 0 Å². The normalized spacial score (nSPS) is 11.6. The summed E-state index contributed by atoms with van der Waals surface area (Å²) < 4.78 is 21.7. The van der Waals surface area contributed by atoms with Crippen molar-refractivity contribution >= 4 is 29.3 Å². The van der Waals surface area contributed by atoms with Crippen LogP contribution in [-0.2, 0) is 11.2 Å². The van der Waals surface area contributed by atoms with Gasteiger partial charge in [-0.3, -0.25) is 5.43 Å². The van der Waals surface area contributed by atoms with Crippen molar-refractivity contribution < 1.29 is 19.0 Å². The number of hydrazone groups is 1. The van der Waals surface area contributed by atoms with Gasteiger partial charge in [-0.05, 0) is 80.4 Å². The van der Waals surface area contributed by atoms with E-state index < -0.39 is 11.6 Å². The first-order valence-electron chi connectivity index (χ1n) is 11.2. The highest BCUT2D eigenvalue weighted by Crippen LogP contribution is 2.41. The van der Waals surface area contributed by atoms with Gasteiger partial charge >= 0.3 is 5.97 Å². The molecule has 1 aromatic heterocycles. The maximum atomic E-state index is 13.8. The van der Waals surface area contributed by atoms with Crippen LogP contribution in [-0.4, -0.2) is 35.1 Å². The highest BCUT2D eigenvalue weighted by atomic mass is 19.1. The Kier molecular flexibility index (Phi) is 6.45. The van der Waals surface area contributed by atoms with Gasteiger partial charge in [0.15, 0.2) is 0 Å². The second-order valence-corrected chi connectivity index (χ2v) is 9.11. The zero-order valence-corrected chi connectivity index (χ0v) is 20.2. The molecule has 0 saturated heterocycles. The quantitative estimate of drug-likeness (QED) is 0.228. The Morgan fingerprint density at radius 3 is 2.37 bits per heavy atom. The molecule has 0 atom stereocenters. The van der Waals surface area contributed by atoms with Crippen molar-refractivity contribution in [2.24, 2.45) is 5.10 Å². The number of hydrogen-bond donors (Lipinski definition) is 2. The first kappa shape index (κ1) is 24.2. The van der Waals surface area contributed by atoms with E-state index in [1.54, 1.807) is 31.4 Å². The van der Waals surface area contributed by atoms with E-state index in [0.717, 1.165) is 44.7 Å². The molecule has 0 spiro atoms. The Morgan fingerprint density at radius 1 is 1.14 bits per heavy atom. The van der Waals surface area contributed by atoms with E-state index in [1.165, 1.54) is 12.1 Å². The zero-order valence-electron chi connectivity index (χ0n) is 20.2. The van der Waals surface area contributed by atoms with Crippen molar-refractivity contribution in [2.45, 2.75) is 32.8 Å². The maximum Gasteiger partial charge on any atom is 0.335 e. The lowest BCUT2D eigenvalue weighted by molar-refractivity contribution is 0.0223. The summed E-state index contributed by atoms with van der Waals surface area (Å²) in [6, 6.07) is 17.3. The van der Waals surface area contributed by atoms with Gasteiger partial charge in [0.1, 0.15) is 5.82 Å². The van der Waals surface area contributed by atoms with Crippen LogP contribution in [0.25, 0.3) is 27.7 Å². The average molecular weight is 474 g/mol. The van der Waals surface area contributed by atoms with Crippen LogP contribution >= 0.6 is 0 Å². The third kappa shape index (κ3) is 4.68. The molecule has 7 heteroatoms. The van der Waals surface area contributed by atoms with Gasteiger partial charge in [-0.15, -0.1) is 0 Å². The van der Waals surface area contributed by atoms with E-state index in [2.05, 4.69) is 27.9 Å². The molecular formula is C28H28FN3O3. The summed E-state index contributed by atoms with van der Waals surface area (Å²) in [5.74, 6) is -1.29. The summed E-state index contributed by atoms with van der Waals surface area (Å²) in [5.41, 5.74) is 8.97. The van der Waals surface area contributed by atoms with Gasteiger partial charge in [0, 0.05) is 42.6 Å². The number of carbonyl (C=O) groups is 1. The number of aromatic carboxylic acids is 1. The fourth-order valence-electron chi connectivity index (χ4n) is 4.33. The second kappa shape index (κ2) is 9.35. The van der Waals surface area contributed by atoms with Gasteiger partial charge in [-0.2, -0.15) is 5.10 Å². The van der Waals surface area contributed by atoms with Crippen molar-refractivity contribution in [3.63, 3.8) is 0 Å². The number of aryl methyl sites for hydroxylation is 1. The number of hydrogen-bond acceptors (Lipinski definition) is 4. The first-order chi connectivity index (χ1) is 16.6. The number of nitrogens with zero attached hydrogens (tertiary/aromatic N) is 2. The van der Waals surface area contributed by atoms with Gasteiger partial charge in [0.2, 0.25) is 0 Å². The molecule has 0 amide bonds. The van der Waals surface area contributed by atoms with Gasteiger partial charge in [-0.25, -0.2) is 9.18 Å². The number of carboxylic acids is 1. The number of benzene rings is 3. The Morgan fingerprint density at radius 2 is 1.80 bits per heavy atom. The topological polar surface area (TPSA) is 75.8 Å². The fourth-order valence-corrected chi connectivity index (χ4v) is 4.33. The minimum Gasteiger partial charge on any atom is -0.478 e. The number of aromatic nitrogens is 1. The Bertz CT molecular complexity index is 1400. The molecule has 2 N–H and O–H groups in total. The lowest BCUT2D eigenvalue weighted by atomic mass is 9.94. The lowest BCUT2D eigenvalue weighted by Gasteiger charge is -2.25. The lowest BCUT2D eigenvalue weighted by Crippen LogP contribution is -2.27. The van der Waals surface area contributed by atoms with Crippen LogP contribution in [0.5, 0.6) is 0 Å². The number of halogens is 1. The van der Waals surface area contributed by atoms with E-state index in [1.807, 2.05) is 39.0 Å². The van der Waals surface area contributed by atoms with Crippen LogP contribution in [0.4, 0.5) is 10.1 Å². The average Bonchev–Trinajstić information content (AvgIpc) is 3.12. The van der Waals surface area contributed by atoms with Crippen LogP contribution in [0.1, 0.15) is 35.5 Å². The molecule has 0 aliphatic rings. The van der Waals surface area contributed by atoms with E-state index in [9.17, 15) is 14.3 Å². The second-order valence-electron chi connectivity index (χ2n) is 9.11. The molecule has 0 aliphatic carbocycles. The summed E-state index contributed by atoms with van der Waals surface area (Å²) in [6.45, 7) is 9.55. The molecule has 180 valence electrons. The van der Waals surface area contributed by atoms with Gasteiger partial charge < -0.3 is 14.4 Å². The van der Waals surface area contributed by atoms with E-state index in [-0.39, 0.29) is 11.4 Å². The number of methoxy groups -OCH3 is 1. The smallest absolute Gasteiger partial charge is 0.335 e. The van der Waals surface area contributed by atoms with Crippen LogP contribution in [0.2, 0.25) is 0 Å². The molecule has 0 bridgehead atoms. The van der Waals surface area contributed by atoms with E-state index >= 15 is 0 Å². The molecule has 6 nitrogen and oxygen atoms in total. The molecule has 4 aromatic rings. The predicted molar refractivity (Wildman–Crippen MR) is 138 cm³/mol. The molecule has 1 heterocycles. The largest absolute Gasteiger partial charge is 0.478 e.